The fourth-order valence-corrected chi connectivity index (χ4v) is 2.74. The van der Waals surface area contributed by atoms with E-state index in [1.54, 1.807) is 0 Å². The lowest BCUT2D eigenvalue weighted by atomic mass is 10.2. The number of nitrogens with two attached hydrogens (primary N) is 1. The van der Waals surface area contributed by atoms with Crippen LogP contribution in [0.1, 0.15) is 29.1 Å². The number of rotatable bonds is 6. The van der Waals surface area contributed by atoms with Crippen molar-refractivity contribution in [2.24, 2.45) is 5.73 Å². The fraction of sp³-hybridized carbons (Fsp3) is 0.412. The van der Waals surface area contributed by atoms with Gasteiger partial charge in [0.2, 0.25) is 0 Å². The molecule has 3 rings (SSSR count). The summed E-state index contributed by atoms with van der Waals surface area (Å²) in [6.07, 6.45) is 3.21. The van der Waals surface area contributed by atoms with Gasteiger partial charge in [0.1, 0.15) is 18.2 Å². The van der Waals surface area contributed by atoms with E-state index in [1.165, 1.54) is 11.1 Å². The van der Waals surface area contributed by atoms with Crippen LogP contribution in [0, 0.1) is 6.92 Å². The number of hydrogen-bond acceptors (Lipinski definition) is 5. The Morgan fingerprint density at radius 2 is 2.18 bits per heavy atom. The molecule has 1 aromatic heterocycles. The number of aryl methyl sites for hydroxylation is 2. The molecule has 0 spiro atoms. The number of fused-ring (bicyclic) bond motifs is 1. The van der Waals surface area contributed by atoms with Gasteiger partial charge in [-0.05, 0) is 43.9 Å². The number of anilines is 1. The van der Waals surface area contributed by atoms with Crippen LogP contribution in [0.25, 0.3) is 0 Å². The van der Waals surface area contributed by atoms with Crippen LogP contribution in [0.3, 0.4) is 0 Å². The van der Waals surface area contributed by atoms with Crippen molar-refractivity contribution in [1.29, 1.82) is 0 Å². The van der Waals surface area contributed by atoms with Crippen LogP contribution < -0.4 is 15.8 Å². The first-order chi connectivity index (χ1) is 10.8. The Morgan fingerprint density at radius 1 is 1.27 bits per heavy atom. The maximum atomic E-state index is 5.81. The number of aromatic nitrogens is 2. The maximum Gasteiger partial charge on any atom is 0.168 e. The monoisotopic (exact) mass is 298 g/mol. The third-order valence-corrected chi connectivity index (χ3v) is 3.77. The molecule has 116 valence electrons. The van der Waals surface area contributed by atoms with Gasteiger partial charge in [-0.25, -0.2) is 9.97 Å². The minimum atomic E-state index is 0.383. The molecule has 1 aliphatic rings. The molecule has 0 saturated carbocycles. The van der Waals surface area contributed by atoms with Crippen LogP contribution in [-0.2, 0) is 19.4 Å². The number of nitrogens with zero attached hydrogens (tertiary/aromatic N) is 2. The molecule has 0 unspecified atom stereocenters. The van der Waals surface area contributed by atoms with Crippen molar-refractivity contribution in [3.63, 3.8) is 0 Å². The van der Waals surface area contributed by atoms with Gasteiger partial charge < -0.3 is 15.8 Å². The Balaban J connectivity index is 1.76. The summed E-state index contributed by atoms with van der Waals surface area (Å²) in [7, 11) is 0. The molecule has 0 saturated heterocycles. The van der Waals surface area contributed by atoms with E-state index < -0.39 is 0 Å². The van der Waals surface area contributed by atoms with E-state index in [0.29, 0.717) is 13.2 Å². The minimum absolute atomic E-state index is 0.383. The van der Waals surface area contributed by atoms with Crippen molar-refractivity contribution < 1.29 is 4.74 Å². The summed E-state index contributed by atoms with van der Waals surface area (Å²) in [5, 5.41) is 3.31. The summed E-state index contributed by atoms with van der Waals surface area (Å²) in [5.41, 5.74) is 9.15. The molecule has 5 heteroatoms. The molecule has 0 atom stereocenters. The van der Waals surface area contributed by atoms with E-state index >= 15 is 0 Å². The molecular formula is C17H22N4O. The normalized spacial score (nSPS) is 13.0. The van der Waals surface area contributed by atoms with Gasteiger partial charge in [0, 0.05) is 24.3 Å². The molecule has 0 fully saturated rings. The highest BCUT2D eigenvalue weighted by atomic mass is 16.5. The molecular weight excluding hydrogens is 276 g/mol. The molecule has 0 radical (unpaired) electrons. The van der Waals surface area contributed by atoms with Crippen molar-refractivity contribution in [1.82, 2.24) is 9.97 Å². The van der Waals surface area contributed by atoms with Crippen LogP contribution in [0.5, 0.6) is 5.75 Å². The predicted molar refractivity (Wildman–Crippen MR) is 87.1 cm³/mol. The van der Waals surface area contributed by atoms with Gasteiger partial charge in [-0.2, -0.15) is 0 Å². The van der Waals surface area contributed by atoms with Gasteiger partial charge in [-0.1, -0.05) is 12.1 Å². The fourth-order valence-electron chi connectivity index (χ4n) is 2.74. The largest absolute Gasteiger partial charge is 0.486 e. The smallest absolute Gasteiger partial charge is 0.168 e. The molecule has 3 N–H and O–H groups in total. The average Bonchev–Trinajstić information content (AvgIpc) is 2.99. The van der Waals surface area contributed by atoms with Crippen LogP contribution >= 0.6 is 0 Å². The minimum Gasteiger partial charge on any atom is -0.486 e. The van der Waals surface area contributed by atoms with Crippen LogP contribution in [-0.4, -0.2) is 23.1 Å². The Kier molecular flexibility index (Phi) is 4.53. The summed E-state index contributed by atoms with van der Waals surface area (Å²) in [4.78, 5) is 9.27. The van der Waals surface area contributed by atoms with Gasteiger partial charge in [-0.3, -0.25) is 0 Å². The zero-order chi connectivity index (χ0) is 15.4. The van der Waals surface area contributed by atoms with Gasteiger partial charge in [0.15, 0.2) is 5.82 Å². The third-order valence-electron chi connectivity index (χ3n) is 3.77. The summed E-state index contributed by atoms with van der Waals surface area (Å²) in [6.45, 7) is 3.75. The Bertz CT molecular complexity index is 657. The van der Waals surface area contributed by atoms with Crippen LogP contribution in [0.15, 0.2) is 24.3 Å². The van der Waals surface area contributed by atoms with E-state index in [-0.39, 0.29) is 0 Å². The molecule has 0 aliphatic heterocycles. The van der Waals surface area contributed by atoms with E-state index in [4.69, 9.17) is 10.5 Å². The first kappa shape index (κ1) is 14.8. The molecule has 0 amide bonds. The van der Waals surface area contributed by atoms with Gasteiger partial charge in [0.25, 0.3) is 0 Å². The lowest BCUT2D eigenvalue weighted by Gasteiger charge is -2.12. The quantitative estimate of drug-likeness (QED) is 0.855. The standard InChI is InChI=1S/C17H22N4O/c1-12-4-2-5-13(10-12)22-11-16-20-15-7-3-6-14(15)17(21-16)19-9-8-18/h2,4-5,10H,3,6-9,11,18H2,1H3,(H,19,20,21). The van der Waals surface area contributed by atoms with E-state index in [1.807, 2.05) is 31.2 Å². The number of ether oxygens (including phenoxy) is 1. The van der Waals surface area contributed by atoms with E-state index in [0.717, 1.165) is 48.9 Å². The molecule has 2 aromatic rings. The summed E-state index contributed by atoms with van der Waals surface area (Å²) in [5.74, 6) is 2.50. The second kappa shape index (κ2) is 6.75. The lowest BCUT2D eigenvalue weighted by molar-refractivity contribution is 0.295. The highest BCUT2D eigenvalue weighted by Crippen LogP contribution is 2.26. The zero-order valence-electron chi connectivity index (χ0n) is 12.9. The molecule has 1 heterocycles. The van der Waals surface area contributed by atoms with Crippen molar-refractivity contribution in [2.75, 3.05) is 18.4 Å². The third kappa shape index (κ3) is 3.36. The van der Waals surface area contributed by atoms with Crippen molar-refractivity contribution >= 4 is 5.82 Å². The molecule has 0 bridgehead atoms. The highest BCUT2D eigenvalue weighted by molar-refractivity contribution is 5.48. The van der Waals surface area contributed by atoms with Crippen molar-refractivity contribution in [3.8, 4) is 5.75 Å². The molecule has 1 aliphatic carbocycles. The summed E-state index contributed by atoms with van der Waals surface area (Å²) in [6, 6.07) is 8.00. The average molecular weight is 298 g/mol. The Hall–Kier alpha value is -2.14. The molecule has 22 heavy (non-hydrogen) atoms. The summed E-state index contributed by atoms with van der Waals surface area (Å²) < 4.78 is 5.81. The van der Waals surface area contributed by atoms with Gasteiger partial charge in [0.05, 0.1) is 0 Å². The Labute approximate surface area is 130 Å². The van der Waals surface area contributed by atoms with Crippen molar-refractivity contribution in [3.05, 3.63) is 46.9 Å². The Morgan fingerprint density at radius 3 is 3.00 bits per heavy atom. The van der Waals surface area contributed by atoms with E-state index in [2.05, 4.69) is 15.3 Å². The topological polar surface area (TPSA) is 73.1 Å². The number of benzene rings is 1. The van der Waals surface area contributed by atoms with Crippen molar-refractivity contribution in [2.45, 2.75) is 32.8 Å². The van der Waals surface area contributed by atoms with Gasteiger partial charge in [-0.15, -0.1) is 0 Å². The zero-order valence-corrected chi connectivity index (χ0v) is 12.9. The van der Waals surface area contributed by atoms with Crippen LogP contribution in [0.4, 0.5) is 5.82 Å². The predicted octanol–water partition coefficient (Wildman–Crippen LogP) is 2.22. The lowest BCUT2D eigenvalue weighted by Crippen LogP contribution is -2.17. The SMILES string of the molecule is Cc1cccc(OCc2nc3c(c(NCCN)n2)CCC3)c1. The summed E-state index contributed by atoms with van der Waals surface area (Å²) >= 11 is 0. The second-order valence-corrected chi connectivity index (χ2v) is 5.59. The highest BCUT2D eigenvalue weighted by Gasteiger charge is 2.19. The van der Waals surface area contributed by atoms with Gasteiger partial charge >= 0.3 is 0 Å². The second-order valence-electron chi connectivity index (χ2n) is 5.59. The number of nitrogens with one attached hydrogen (secondary N) is 1. The first-order valence-electron chi connectivity index (χ1n) is 7.78. The van der Waals surface area contributed by atoms with E-state index in [9.17, 15) is 0 Å². The molecule has 5 nitrogen and oxygen atoms in total. The maximum absolute atomic E-state index is 5.81. The first-order valence-corrected chi connectivity index (χ1v) is 7.78. The molecule has 1 aromatic carbocycles. The number of hydrogen-bond donors (Lipinski definition) is 2. The van der Waals surface area contributed by atoms with Crippen LogP contribution in [0.2, 0.25) is 0 Å².